The number of rotatable bonds is 12. The predicted octanol–water partition coefficient (Wildman–Crippen LogP) is 7.15. The zero-order valence-electron chi connectivity index (χ0n) is 23.2. The van der Waals surface area contributed by atoms with Crippen molar-refractivity contribution >= 4 is 21.7 Å². The number of esters is 1. The summed E-state index contributed by atoms with van der Waals surface area (Å²) in [6, 6.07) is 17.9. The molecule has 1 aliphatic rings. The van der Waals surface area contributed by atoms with Crippen LogP contribution in [0.5, 0.6) is 0 Å². The van der Waals surface area contributed by atoms with Crippen molar-refractivity contribution in [2.45, 2.75) is 75.1 Å². The molecule has 7 nitrogen and oxygen atoms in total. The van der Waals surface area contributed by atoms with Crippen LogP contribution in [0.4, 0.5) is 18.9 Å². The first-order chi connectivity index (χ1) is 19.9. The molecule has 1 aromatic heterocycles. The number of aliphatic hydroxyl groups is 1. The fraction of sp³-hybridized carbons (Fsp3) is 0.355. The molecule has 11 heteroatoms. The second-order valence-corrected chi connectivity index (χ2v) is 12.1. The molecule has 42 heavy (non-hydrogen) atoms. The van der Waals surface area contributed by atoms with Gasteiger partial charge < -0.3 is 9.84 Å². The Bertz CT molecular complexity index is 1520. The Labute approximate surface area is 243 Å². The number of cyclic esters (lactones) is 1. The van der Waals surface area contributed by atoms with Crippen molar-refractivity contribution in [2.24, 2.45) is 0 Å². The van der Waals surface area contributed by atoms with E-state index in [1.54, 1.807) is 18.2 Å². The van der Waals surface area contributed by atoms with Gasteiger partial charge in [-0.1, -0.05) is 55.8 Å². The third-order valence-corrected chi connectivity index (χ3v) is 8.52. The summed E-state index contributed by atoms with van der Waals surface area (Å²) in [6.45, 7) is 2.02. The lowest BCUT2D eigenvalue weighted by Gasteiger charge is -2.37. The molecule has 0 saturated carbocycles. The topological polar surface area (TPSA) is 106 Å². The van der Waals surface area contributed by atoms with Crippen LogP contribution in [0, 0.1) is 0 Å². The van der Waals surface area contributed by atoms with Crippen LogP contribution in [0.2, 0.25) is 0 Å². The average Bonchev–Trinajstić information content (AvgIpc) is 2.94. The number of aryl methyl sites for hydroxylation is 2. The number of carbonyl (C=O) groups is 1. The van der Waals surface area contributed by atoms with Crippen LogP contribution in [0.15, 0.2) is 89.3 Å². The van der Waals surface area contributed by atoms with Crippen LogP contribution >= 0.6 is 0 Å². The number of aromatic nitrogens is 1. The van der Waals surface area contributed by atoms with E-state index in [9.17, 15) is 31.5 Å². The molecular weight excluding hydrogens is 569 g/mol. The summed E-state index contributed by atoms with van der Waals surface area (Å²) >= 11 is 0. The predicted molar refractivity (Wildman–Crippen MR) is 152 cm³/mol. The van der Waals surface area contributed by atoms with Gasteiger partial charge in [-0.25, -0.2) is 9.78 Å². The lowest BCUT2D eigenvalue weighted by atomic mass is 9.83. The largest absolute Gasteiger partial charge is 0.512 e. The van der Waals surface area contributed by atoms with Gasteiger partial charge in [0, 0.05) is 18.3 Å². The third kappa shape index (κ3) is 7.90. The molecule has 2 heterocycles. The SMILES string of the molecule is CCCC1(CCc2ccccc2)CC(O)=C(CCCc2cccc(NS(=O)(=O)c3ccc(C(F)(F)F)cn3)c2)C(=O)O1. The Balaban J connectivity index is 1.37. The molecule has 1 unspecified atom stereocenters. The number of halogens is 3. The van der Waals surface area contributed by atoms with E-state index in [1.807, 2.05) is 37.3 Å². The van der Waals surface area contributed by atoms with E-state index in [2.05, 4.69) is 9.71 Å². The molecule has 0 saturated heterocycles. The van der Waals surface area contributed by atoms with Gasteiger partial charge in [0.15, 0.2) is 5.03 Å². The van der Waals surface area contributed by atoms with Crippen LogP contribution in [0.3, 0.4) is 0 Å². The molecule has 0 radical (unpaired) electrons. The summed E-state index contributed by atoms with van der Waals surface area (Å²) in [5, 5.41) is 10.3. The summed E-state index contributed by atoms with van der Waals surface area (Å²) in [7, 11) is -4.21. The van der Waals surface area contributed by atoms with E-state index in [4.69, 9.17) is 4.74 Å². The number of ether oxygens (including phenoxy) is 1. The van der Waals surface area contributed by atoms with Crippen LogP contribution in [0.25, 0.3) is 0 Å². The van der Waals surface area contributed by atoms with Crippen LogP contribution in [-0.2, 0) is 38.6 Å². The molecule has 224 valence electrons. The molecule has 4 rings (SSSR count). The minimum atomic E-state index is -4.63. The highest BCUT2D eigenvalue weighted by molar-refractivity contribution is 7.92. The van der Waals surface area contributed by atoms with E-state index in [0.717, 1.165) is 30.0 Å². The summed E-state index contributed by atoms with van der Waals surface area (Å²) in [4.78, 5) is 16.4. The number of hydrogen-bond donors (Lipinski definition) is 2. The first-order valence-corrected chi connectivity index (χ1v) is 15.2. The second-order valence-electron chi connectivity index (χ2n) is 10.5. The van der Waals surface area contributed by atoms with E-state index < -0.39 is 38.4 Å². The number of nitrogens with one attached hydrogen (secondary N) is 1. The Morgan fingerprint density at radius 1 is 0.976 bits per heavy atom. The number of carbonyl (C=O) groups excluding carboxylic acids is 1. The fourth-order valence-electron chi connectivity index (χ4n) is 5.12. The smallest absolute Gasteiger partial charge is 0.417 e. The monoisotopic (exact) mass is 602 g/mol. The minimum Gasteiger partial charge on any atom is -0.512 e. The number of hydrogen-bond acceptors (Lipinski definition) is 6. The number of anilines is 1. The van der Waals surface area contributed by atoms with E-state index in [0.29, 0.717) is 37.9 Å². The summed E-state index contributed by atoms with van der Waals surface area (Å²) in [5.74, 6) is -0.455. The van der Waals surface area contributed by atoms with E-state index in [-0.39, 0.29) is 29.9 Å². The fourth-order valence-corrected chi connectivity index (χ4v) is 6.10. The lowest BCUT2D eigenvalue weighted by molar-refractivity contribution is -0.161. The molecule has 0 aliphatic carbocycles. The molecule has 1 aliphatic heterocycles. The van der Waals surface area contributed by atoms with Gasteiger partial charge >= 0.3 is 12.1 Å². The third-order valence-electron chi connectivity index (χ3n) is 7.22. The van der Waals surface area contributed by atoms with E-state index in [1.165, 1.54) is 6.07 Å². The van der Waals surface area contributed by atoms with Crippen molar-refractivity contribution in [3.8, 4) is 0 Å². The molecule has 0 fully saturated rings. The highest BCUT2D eigenvalue weighted by Gasteiger charge is 2.40. The molecular formula is C31H33F3N2O5S. The maximum Gasteiger partial charge on any atom is 0.417 e. The summed E-state index contributed by atoms with van der Waals surface area (Å²) in [5.41, 5.74) is 0.585. The number of pyridine rings is 1. The van der Waals surface area contributed by atoms with Crippen molar-refractivity contribution in [3.05, 3.63) is 101 Å². The van der Waals surface area contributed by atoms with Gasteiger partial charge in [0.1, 0.15) is 11.4 Å². The van der Waals surface area contributed by atoms with Gasteiger partial charge in [0.2, 0.25) is 0 Å². The highest BCUT2D eigenvalue weighted by Crippen LogP contribution is 2.38. The average molecular weight is 603 g/mol. The number of nitrogens with zero attached hydrogens (tertiary/aromatic N) is 1. The number of aliphatic hydroxyl groups excluding tert-OH is 1. The first-order valence-electron chi connectivity index (χ1n) is 13.7. The number of sulfonamides is 1. The van der Waals surface area contributed by atoms with Gasteiger partial charge in [0.25, 0.3) is 10.0 Å². The lowest BCUT2D eigenvalue weighted by Crippen LogP contribution is -2.40. The number of benzene rings is 2. The van der Waals surface area contributed by atoms with Gasteiger partial charge in [0.05, 0.1) is 11.1 Å². The van der Waals surface area contributed by atoms with Crippen molar-refractivity contribution in [1.29, 1.82) is 0 Å². The van der Waals surface area contributed by atoms with E-state index >= 15 is 0 Å². The van der Waals surface area contributed by atoms with Crippen LogP contribution in [0.1, 0.15) is 62.1 Å². The zero-order chi connectivity index (χ0) is 30.4. The Kier molecular flexibility index (Phi) is 9.60. The molecule has 2 aromatic carbocycles. The van der Waals surface area contributed by atoms with Crippen molar-refractivity contribution in [3.63, 3.8) is 0 Å². The molecule has 3 aromatic rings. The quantitative estimate of drug-likeness (QED) is 0.213. The molecule has 0 spiro atoms. The Hall–Kier alpha value is -3.86. The molecule has 2 N–H and O–H groups in total. The van der Waals surface area contributed by atoms with Crippen LogP contribution < -0.4 is 4.72 Å². The van der Waals surface area contributed by atoms with Crippen molar-refractivity contribution < 1.29 is 36.2 Å². The minimum absolute atomic E-state index is 0.0540. The normalized spacial score (nSPS) is 17.7. The number of alkyl halides is 3. The first kappa shape index (κ1) is 31.1. The van der Waals surface area contributed by atoms with Crippen LogP contribution in [-0.4, -0.2) is 30.1 Å². The highest BCUT2D eigenvalue weighted by atomic mass is 32.2. The standard InChI is InChI=1S/C31H33F3N2O5S/c1-2-17-30(18-16-22-8-4-3-5-9-22)20-27(37)26(29(38)41-30)13-7-11-23-10-6-12-25(19-23)36-42(39,40)28-15-14-24(21-35-28)31(32,33)34/h3-6,8-10,12,14-15,19,21,36-37H,2,7,11,13,16-18,20H2,1H3. The zero-order valence-corrected chi connectivity index (χ0v) is 24.0. The summed E-state index contributed by atoms with van der Waals surface area (Å²) < 4.78 is 71.9. The maximum absolute atomic E-state index is 13.0. The molecule has 1 atom stereocenters. The van der Waals surface area contributed by atoms with Gasteiger partial charge in [-0.3, -0.25) is 4.72 Å². The summed E-state index contributed by atoms with van der Waals surface area (Å²) in [6.07, 6.45) is 0.168. The second kappa shape index (κ2) is 13.0. The van der Waals surface area contributed by atoms with Gasteiger partial charge in [-0.2, -0.15) is 21.6 Å². The Morgan fingerprint density at radius 2 is 1.71 bits per heavy atom. The van der Waals surface area contributed by atoms with Gasteiger partial charge in [-0.15, -0.1) is 0 Å². The molecule has 0 amide bonds. The van der Waals surface area contributed by atoms with Gasteiger partial charge in [-0.05, 0) is 73.9 Å². The van der Waals surface area contributed by atoms with Crippen molar-refractivity contribution in [1.82, 2.24) is 4.98 Å². The Morgan fingerprint density at radius 3 is 2.36 bits per heavy atom. The maximum atomic E-state index is 13.0. The van der Waals surface area contributed by atoms with Crippen molar-refractivity contribution in [2.75, 3.05) is 4.72 Å². The molecule has 0 bridgehead atoms.